The molecule has 90 valence electrons. The molecule has 0 bridgehead atoms. The van der Waals surface area contributed by atoms with E-state index in [1.807, 2.05) is 36.4 Å². The van der Waals surface area contributed by atoms with Crippen LogP contribution in [0, 0.1) is 0 Å². The Morgan fingerprint density at radius 1 is 1.11 bits per heavy atom. The van der Waals surface area contributed by atoms with Crippen molar-refractivity contribution in [1.82, 2.24) is 14.6 Å². The third kappa shape index (κ3) is 2.13. The Kier molecular flexibility index (Phi) is 3.05. The summed E-state index contributed by atoms with van der Waals surface area (Å²) in [7, 11) is 0. The van der Waals surface area contributed by atoms with Gasteiger partial charge in [-0.05, 0) is 46.3 Å². The lowest BCUT2D eigenvalue weighted by molar-refractivity contribution is 0.453. The van der Waals surface area contributed by atoms with E-state index >= 15 is 0 Å². The number of hydrogen-bond donors (Lipinski definition) is 0. The van der Waals surface area contributed by atoms with Crippen molar-refractivity contribution < 1.29 is 4.74 Å². The van der Waals surface area contributed by atoms with Gasteiger partial charge < -0.3 is 4.74 Å². The van der Waals surface area contributed by atoms with Gasteiger partial charge in [0.15, 0.2) is 5.65 Å². The molecule has 0 saturated heterocycles. The molecule has 0 saturated carbocycles. The molecule has 18 heavy (non-hydrogen) atoms. The molecule has 0 atom stereocenters. The maximum absolute atomic E-state index is 5.87. The molecule has 0 aliphatic rings. The summed E-state index contributed by atoms with van der Waals surface area (Å²) in [4.78, 5) is 0. The van der Waals surface area contributed by atoms with Crippen LogP contribution in [-0.2, 0) is 0 Å². The summed E-state index contributed by atoms with van der Waals surface area (Å²) in [5.74, 6) is 1.39. The molecule has 1 aromatic carbocycles. The van der Waals surface area contributed by atoms with Gasteiger partial charge in [0.05, 0.1) is 4.47 Å². The third-order valence-electron chi connectivity index (χ3n) is 2.40. The Morgan fingerprint density at radius 2 is 2.00 bits per heavy atom. The van der Waals surface area contributed by atoms with Crippen molar-refractivity contribution in [2.24, 2.45) is 0 Å². The first-order valence-corrected chi connectivity index (χ1v) is 6.74. The standard InChI is InChI=1S/C12H7Br2N3O/c13-8-4-5-9(14)10(6-8)18-12-3-1-2-11-16-15-7-17(11)12/h1-7H. The summed E-state index contributed by atoms with van der Waals surface area (Å²) in [5, 5.41) is 7.83. The van der Waals surface area contributed by atoms with Crippen molar-refractivity contribution in [1.29, 1.82) is 0 Å². The van der Waals surface area contributed by atoms with Crippen LogP contribution >= 0.6 is 31.9 Å². The fourth-order valence-corrected chi connectivity index (χ4v) is 2.24. The van der Waals surface area contributed by atoms with E-state index in [0.717, 1.165) is 20.3 Å². The fourth-order valence-electron chi connectivity index (χ4n) is 1.58. The summed E-state index contributed by atoms with van der Waals surface area (Å²) in [6.45, 7) is 0. The van der Waals surface area contributed by atoms with Gasteiger partial charge in [-0.1, -0.05) is 22.0 Å². The lowest BCUT2D eigenvalue weighted by atomic mass is 10.3. The fraction of sp³-hybridized carbons (Fsp3) is 0. The number of benzene rings is 1. The van der Waals surface area contributed by atoms with Crippen LogP contribution in [0.1, 0.15) is 0 Å². The van der Waals surface area contributed by atoms with Gasteiger partial charge in [-0.2, -0.15) is 0 Å². The van der Waals surface area contributed by atoms with Crippen LogP contribution in [0.5, 0.6) is 11.6 Å². The van der Waals surface area contributed by atoms with Crippen LogP contribution in [0.15, 0.2) is 51.7 Å². The summed E-state index contributed by atoms with van der Waals surface area (Å²) >= 11 is 6.88. The number of ether oxygens (including phenoxy) is 1. The zero-order chi connectivity index (χ0) is 12.5. The molecule has 0 N–H and O–H groups in total. The molecule has 3 rings (SSSR count). The SMILES string of the molecule is Brc1ccc(Br)c(Oc2cccc3nncn23)c1. The molecular weight excluding hydrogens is 362 g/mol. The van der Waals surface area contributed by atoms with Crippen molar-refractivity contribution in [3.8, 4) is 11.6 Å². The largest absolute Gasteiger partial charge is 0.439 e. The van der Waals surface area contributed by atoms with Crippen molar-refractivity contribution in [2.45, 2.75) is 0 Å². The van der Waals surface area contributed by atoms with Gasteiger partial charge in [-0.15, -0.1) is 10.2 Å². The second-order valence-corrected chi connectivity index (χ2v) is 5.37. The Bertz CT molecular complexity index is 711. The first kappa shape index (κ1) is 11.7. The summed E-state index contributed by atoms with van der Waals surface area (Å²) in [6.07, 6.45) is 1.62. The average molecular weight is 369 g/mol. The molecule has 0 aliphatic heterocycles. The Hall–Kier alpha value is -1.40. The van der Waals surface area contributed by atoms with Gasteiger partial charge in [0, 0.05) is 4.47 Å². The number of pyridine rings is 1. The molecule has 2 aromatic heterocycles. The van der Waals surface area contributed by atoms with Gasteiger partial charge >= 0.3 is 0 Å². The van der Waals surface area contributed by atoms with Crippen molar-refractivity contribution >= 4 is 37.5 Å². The summed E-state index contributed by atoms with van der Waals surface area (Å²) in [5.41, 5.74) is 0.749. The van der Waals surface area contributed by atoms with Gasteiger partial charge in [0.25, 0.3) is 0 Å². The van der Waals surface area contributed by atoms with Gasteiger partial charge in [0.2, 0.25) is 5.88 Å². The second kappa shape index (κ2) is 4.70. The summed E-state index contributed by atoms with van der Waals surface area (Å²) in [6, 6.07) is 11.4. The smallest absolute Gasteiger partial charge is 0.207 e. The van der Waals surface area contributed by atoms with E-state index in [1.54, 1.807) is 10.7 Å². The van der Waals surface area contributed by atoms with E-state index in [0.29, 0.717) is 5.88 Å². The van der Waals surface area contributed by atoms with E-state index in [9.17, 15) is 0 Å². The minimum Gasteiger partial charge on any atom is -0.439 e. The molecule has 4 nitrogen and oxygen atoms in total. The van der Waals surface area contributed by atoms with Crippen molar-refractivity contribution in [3.05, 3.63) is 51.7 Å². The first-order chi connectivity index (χ1) is 8.74. The number of rotatable bonds is 2. The number of nitrogens with zero attached hydrogens (tertiary/aromatic N) is 3. The van der Waals surface area contributed by atoms with Gasteiger partial charge in [0.1, 0.15) is 12.1 Å². The van der Waals surface area contributed by atoms with E-state index in [2.05, 4.69) is 42.1 Å². The first-order valence-electron chi connectivity index (χ1n) is 5.16. The highest BCUT2D eigenvalue weighted by Crippen LogP contribution is 2.32. The maximum atomic E-state index is 5.87. The van der Waals surface area contributed by atoms with E-state index in [-0.39, 0.29) is 0 Å². The van der Waals surface area contributed by atoms with Crippen LogP contribution in [0.4, 0.5) is 0 Å². The molecule has 0 amide bonds. The Labute approximate surface area is 120 Å². The normalized spacial score (nSPS) is 10.8. The molecule has 0 aliphatic carbocycles. The zero-order valence-corrected chi connectivity index (χ0v) is 12.2. The molecule has 0 radical (unpaired) electrons. The number of hydrogen-bond acceptors (Lipinski definition) is 3. The highest BCUT2D eigenvalue weighted by molar-refractivity contribution is 9.11. The Morgan fingerprint density at radius 3 is 2.89 bits per heavy atom. The minimum atomic E-state index is 0.663. The molecule has 0 unspecified atom stereocenters. The zero-order valence-electron chi connectivity index (χ0n) is 9.05. The number of halogens is 2. The highest BCUT2D eigenvalue weighted by atomic mass is 79.9. The molecule has 0 spiro atoms. The average Bonchev–Trinajstić information content (AvgIpc) is 2.83. The lowest BCUT2D eigenvalue weighted by Crippen LogP contribution is -1.93. The van der Waals surface area contributed by atoms with Crippen LogP contribution in [0.3, 0.4) is 0 Å². The minimum absolute atomic E-state index is 0.663. The highest BCUT2D eigenvalue weighted by Gasteiger charge is 2.07. The topological polar surface area (TPSA) is 39.4 Å². The number of aromatic nitrogens is 3. The second-order valence-electron chi connectivity index (χ2n) is 3.60. The quantitative estimate of drug-likeness (QED) is 0.685. The lowest BCUT2D eigenvalue weighted by Gasteiger charge is -2.09. The van der Waals surface area contributed by atoms with E-state index in [4.69, 9.17) is 4.74 Å². The monoisotopic (exact) mass is 367 g/mol. The predicted molar refractivity (Wildman–Crippen MR) is 74.9 cm³/mol. The third-order valence-corrected chi connectivity index (χ3v) is 3.55. The molecule has 2 heterocycles. The van der Waals surface area contributed by atoms with Crippen LogP contribution in [0.2, 0.25) is 0 Å². The molecule has 3 aromatic rings. The maximum Gasteiger partial charge on any atom is 0.207 e. The predicted octanol–water partition coefficient (Wildman–Crippen LogP) is 4.05. The molecular formula is C12H7Br2N3O. The molecule has 6 heteroatoms. The van der Waals surface area contributed by atoms with E-state index in [1.165, 1.54) is 0 Å². The van der Waals surface area contributed by atoms with Gasteiger partial charge in [-0.25, -0.2) is 0 Å². The van der Waals surface area contributed by atoms with E-state index < -0.39 is 0 Å². The van der Waals surface area contributed by atoms with Crippen molar-refractivity contribution in [3.63, 3.8) is 0 Å². The summed E-state index contributed by atoms with van der Waals surface area (Å²) < 4.78 is 9.49. The Balaban J connectivity index is 2.06. The van der Waals surface area contributed by atoms with Crippen LogP contribution < -0.4 is 4.74 Å². The van der Waals surface area contributed by atoms with Gasteiger partial charge in [-0.3, -0.25) is 4.40 Å². The number of fused-ring (bicyclic) bond motifs is 1. The van der Waals surface area contributed by atoms with Crippen molar-refractivity contribution in [2.75, 3.05) is 0 Å². The molecule has 0 fully saturated rings. The van der Waals surface area contributed by atoms with Crippen LogP contribution in [-0.4, -0.2) is 14.6 Å². The van der Waals surface area contributed by atoms with Crippen LogP contribution in [0.25, 0.3) is 5.65 Å².